The third-order valence-electron chi connectivity index (χ3n) is 5.75. The molecule has 2 heterocycles. The monoisotopic (exact) mass is 432 g/mol. The highest BCUT2D eigenvalue weighted by molar-refractivity contribution is 5.80. The summed E-state index contributed by atoms with van der Waals surface area (Å²) in [6, 6.07) is 17.2. The molecule has 0 amide bonds. The molecule has 168 valence electrons. The molecule has 1 aliphatic heterocycles. The first-order valence-corrected chi connectivity index (χ1v) is 11.3. The molecule has 2 aromatic carbocycles. The molecule has 4 rings (SSSR count). The molecule has 3 aromatic rings. The van der Waals surface area contributed by atoms with Crippen molar-refractivity contribution in [2.24, 2.45) is 10.9 Å². The lowest BCUT2D eigenvalue weighted by molar-refractivity contribution is 0.181. The van der Waals surface area contributed by atoms with Gasteiger partial charge in [0.25, 0.3) is 0 Å². The summed E-state index contributed by atoms with van der Waals surface area (Å²) >= 11 is 0. The first-order valence-electron chi connectivity index (χ1n) is 11.3. The molecule has 1 unspecified atom stereocenters. The fourth-order valence-corrected chi connectivity index (χ4v) is 4.06. The van der Waals surface area contributed by atoms with E-state index < -0.39 is 0 Å². The Labute approximate surface area is 190 Å². The number of nitrogens with one attached hydrogen (secondary N) is 1. The molecular formula is C25H32N6O. The summed E-state index contributed by atoms with van der Waals surface area (Å²) in [4.78, 5) is 11.2. The van der Waals surface area contributed by atoms with Crippen LogP contribution in [0.2, 0.25) is 0 Å². The highest BCUT2D eigenvalue weighted by Gasteiger charge is 2.19. The van der Waals surface area contributed by atoms with Crippen molar-refractivity contribution >= 4 is 5.96 Å². The van der Waals surface area contributed by atoms with E-state index in [-0.39, 0.29) is 0 Å². The minimum Gasteiger partial charge on any atom is -0.381 e. The average molecular weight is 433 g/mol. The summed E-state index contributed by atoms with van der Waals surface area (Å²) in [6.07, 6.45) is 4.42. The van der Waals surface area contributed by atoms with Gasteiger partial charge in [-0.05, 0) is 35.6 Å². The largest absolute Gasteiger partial charge is 0.381 e. The average Bonchev–Trinajstić information content (AvgIpc) is 3.52. The van der Waals surface area contributed by atoms with Gasteiger partial charge in [0, 0.05) is 32.7 Å². The Kier molecular flexibility index (Phi) is 7.51. The number of rotatable bonds is 8. The van der Waals surface area contributed by atoms with E-state index in [1.54, 1.807) is 12.7 Å². The quantitative estimate of drug-likeness (QED) is 0.436. The van der Waals surface area contributed by atoms with Crippen molar-refractivity contribution in [2.45, 2.75) is 26.4 Å². The topological polar surface area (TPSA) is 67.6 Å². The lowest BCUT2D eigenvalue weighted by Crippen LogP contribution is -2.41. The smallest absolute Gasteiger partial charge is 0.193 e. The molecule has 1 atom stereocenters. The van der Waals surface area contributed by atoms with Gasteiger partial charge in [0.2, 0.25) is 0 Å². The van der Waals surface area contributed by atoms with Gasteiger partial charge in [-0.3, -0.25) is 0 Å². The number of hydrogen-bond acceptors (Lipinski definition) is 4. The van der Waals surface area contributed by atoms with Gasteiger partial charge in [-0.15, -0.1) is 0 Å². The maximum atomic E-state index is 5.53. The Morgan fingerprint density at radius 1 is 1.22 bits per heavy atom. The Bertz CT molecular complexity index is 994. The van der Waals surface area contributed by atoms with E-state index in [9.17, 15) is 0 Å². The molecule has 1 N–H and O–H groups in total. The van der Waals surface area contributed by atoms with Crippen LogP contribution in [0.5, 0.6) is 0 Å². The zero-order valence-corrected chi connectivity index (χ0v) is 18.9. The summed E-state index contributed by atoms with van der Waals surface area (Å²) in [6.45, 7) is 6.98. The van der Waals surface area contributed by atoms with Gasteiger partial charge in [0.05, 0.1) is 19.7 Å². The molecule has 0 saturated carbocycles. The second-order valence-electron chi connectivity index (χ2n) is 8.23. The molecule has 1 aliphatic rings. The highest BCUT2D eigenvalue weighted by Crippen LogP contribution is 2.25. The minimum atomic E-state index is 0.576. The van der Waals surface area contributed by atoms with E-state index in [4.69, 9.17) is 9.73 Å². The molecule has 0 radical (unpaired) electrons. The number of aliphatic imine (C=N–C) groups is 1. The number of benzene rings is 2. The van der Waals surface area contributed by atoms with Crippen LogP contribution in [-0.4, -0.2) is 59.0 Å². The SMILES string of the molecule is CCNC(=NCc1ccccc1-c1ccc(Cn2cncn2)cc1)N(C)CC1CCOC1. The molecule has 0 aliphatic carbocycles. The van der Waals surface area contributed by atoms with Crippen molar-refractivity contribution in [1.82, 2.24) is 25.0 Å². The van der Waals surface area contributed by atoms with Crippen LogP contribution in [0.25, 0.3) is 11.1 Å². The molecule has 1 fully saturated rings. The van der Waals surface area contributed by atoms with Gasteiger partial charge in [-0.25, -0.2) is 14.7 Å². The minimum absolute atomic E-state index is 0.576. The maximum Gasteiger partial charge on any atom is 0.193 e. The van der Waals surface area contributed by atoms with Crippen LogP contribution in [0.1, 0.15) is 24.5 Å². The van der Waals surface area contributed by atoms with E-state index in [0.29, 0.717) is 12.5 Å². The molecule has 0 bridgehead atoms. The molecule has 1 saturated heterocycles. The Balaban J connectivity index is 1.48. The normalized spacial score (nSPS) is 16.3. The fourth-order valence-electron chi connectivity index (χ4n) is 4.06. The zero-order valence-electron chi connectivity index (χ0n) is 18.9. The van der Waals surface area contributed by atoms with Crippen LogP contribution >= 0.6 is 0 Å². The van der Waals surface area contributed by atoms with E-state index in [1.807, 2.05) is 4.68 Å². The highest BCUT2D eigenvalue weighted by atomic mass is 16.5. The standard InChI is InChI=1S/C25H32N6O/c1-3-27-25(30(2)15-21-12-13-32-17-21)28-14-23-6-4-5-7-24(23)22-10-8-20(9-11-22)16-31-19-26-18-29-31/h4-11,18-19,21H,3,12-17H2,1-2H3,(H,27,28). The van der Waals surface area contributed by atoms with Gasteiger partial charge in [-0.2, -0.15) is 5.10 Å². The van der Waals surface area contributed by atoms with Crippen LogP contribution in [-0.2, 0) is 17.8 Å². The summed E-state index contributed by atoms with van der Waals surface area (Å²) < 4.78 is 7.36. The van der Waals surface area contributed by atoms with Crippen molar-refractivity contribution in [3.8, 4) is 11.1 Å². The molecule has 7 nitrogen and oxygen atoms in total. The number of aromatic nitrogens is 3. The summed E-state index contributed by atoms with van der Waals surface area (Å²) in [5.74, 6) is 1.52. The molecule has 32 heavy (non-hydrogen) atoms. The number of hydrogen-bond donors (Lipinski definition) is 1. The van der Waals surface area contributed by atoms with Crippen molar-refractivity contribution in [3.63, 3.8) is 0 Å². The van der Waals surface area contributed by atoms with Gasteiger partial charge in [0.15, 0.2) is 5.96 Å². The zero-order chi connectivity index (χ0) is 22.2. The van der Waals surface area contributed by atoms with Crippen LogP contribution in [0.3, 0.4) is 0 Å². The Morgan fingerprint density at radius 3 is 2.78 bits per heavy atom. The third kappa shape index (κ3) is 5.73. The molecule has 1 aromatic heterocycles. The maximum absolute atomic E-state index is 5.53. The molecule has 0 spiro atoms. The van der Waals surface area contributed by atoms with Gasteiger partial charge < -0.3 is 15.0 Å². The van der Waals surface area contributed by atoms with Gasteiger partial charge >= 0.3 is 0 Å². The number of nitrogens with zero attached hydrogens (tertiary/aromatic N) is 5. The summed E-state index contributed by atoms with van der Waals surface area (Å²) in [7, 11) is 2.11. The van der Waals surface area contributed by atoms with E-state index in [1.165, 1.54) is 22.3 Å². The van der Waals surface area contributed by atoms with Crippen LogP contribution in [0, 0.1) is 5.92 Å². The summed E-state index contributed by atoms with van der Waals surface area (Å²) in [5, 5.41) is 7.62. The predicted octanol–water partition coefficient (Wildman–Crippen LogP) is 3.43. The molecule has 7 heteroatoms. The number of guanidine groups is 1. The van der Waals surface area contributed by atoms with Crippen molar-refractivity contribution in [3.05, 3.63) is 72.3 Å². The number of ether oxygens (including phenoxy) is 1. The first-order chi connectivity index (χ1) is 15.7. The van der Waals surface area contributed by atoms with Crippen LogP contribution in [0.15, 0.2) is 66.2 Å². The van der Waals surface area contributed by atoms with Crippen molar-refractivity contribution < 1.29 is 4.74 Å². The summed E-state index contributed by atoms with van der Waals surface area (Å²) in [5.41, 5.74) is 4.82. The molecular weight excluding hydrogens is 400 g/mol. The van der Waals surface area contributed by atoms with Crippen LogP contribution in [0.4, 0.5) is 0 Å². The van der Waals surface area contributed by atoms with Crippen molar-refractivity contribution in [1.29, 1.82) is 0 Å². The lowest BCUT2D eigenvalue weighted by Gasteiger charge is -2.24. The van der Waals surface area contributed by atoms with E-state index >= 15 is 0 Å². The fraction of sp³-hybridized carbons (Fsp3) is 0.400. The Morgan fingerprint density at radius 2 is 2.06 bits per heavy atom. The predicted molar refractivity (Wildman–Crippen MR) is 127 cm³/mol. The lowest BCUT2D eigenvalue weighted by atomic mass is 9.98. The third-order valence-corrected chi connectivity index (χ3v) is 5.75. The second kappa shape index (κ2) is 10.9. The van der Waals surface area contributed by atoms with Crippen molar-refractivity contribution in [2.75, 3.05) is 33.4 Å². The first kappa shape index (κ1) is 22.0. The van der Waals surface area contributed by atoms with Gasteiger partial charge in [0.1, 0.15) is 12.7 Å². The van der Waals surface area contributed by atoms with Crippen LogP contribution < -0.4 is 5.32 Å². The van der Waals surface area contributed by atoms with E-state index in [2.05, 4.69) is 82.8 Å². The Hall–Kier alpha value is -3.19. The van der Waals surface area contributed by atoms with E-state index in [0.717, 1.165) is 45.2 Å². The second-order valence-corrected chi connectivity index (χ2v) is 8.23. The van der Waals surface area contributed by atoms with Gasteiger partial charge in [-0.1, -0.05) is 48.5 Å².